The molecular weight excluding hydrogens is 329 g/mol. The SMILES string of the molecule is CCNCCc1ccc(Cl)c(SC(C)c2cccc(F)c2)c1C. The van der Waals surface area contributed by atoms with Crippen molar-refractivity contribution in [1.82, 2.24) is 5.32 Å². The summed E-state index contributed by atoms with van der Waals surface area (Å²) in [5.41, 5.74) is 3.51. The van der Waals surface area contributed by atoms with Gasteiger partial charge in [0.25, 0.3) is 0 Å². The van der Waals surface area contributed by atoms with Crippen LogP contribution >= 0.6 is 23.4 Å². The highest BCUT2D eigenvalue weighted by Gasteiger charge is 2.14. The van der Waals surface area contributed by atoms with Gasteiger partial charge in [0.05, 0.1) is 5.02 Å². The molecule has 23 heavy (non-hydrogen) atoms. The average Bonchev–Trinajstić information content (AvgIpc) is 2.53. The summed E-state index contributed by atoms with van der Waals surface area (Å²) >= 11 is 8.11. The highest BCUT2D eigenvalue weighted by atomic mass is 35.5. The summed E-state index contributed by atoms with van der Waals surface area (Å²) in [6.07, 6.45) is 0.985. The number of hydrogen-bond acceptors (Lipinski definition) is 2. The first kappa shape index (κ1) is 18.3. The lowest BCUT2D eigenvalue weighted by Gasteiger charge is -2.17. The maximum absolute atomic E-state index is 13.4. The van der Waals surface area contributed by atoms with Gasteiger partial charge < -0.3 is 5.32 Å². The molecule has 0 aliphatic heterocycles. The van der Waals surface area contributed by atoms with E-state index in [2.05, 4.69) is 32.2 Å². The third-order valence-corrected chi connectivity index (χ3v) is 5.72. The number of rotatable bonds is 7. The number of halogens is 2. The molecule has 2 rings (SSSR count). The Bertz CT molecular complexity index is 660. The molecule has 0 saturated carbocycles. The molecule has 1 N–H and O–H groups in total. The van der Waals surface area contributed by atoms with Crippen molar-refractivity contribution in [2.45, 2.75) is 37.3 Å². The summed E-state index contributed by atoms with van der Waals surface area (Å²) in [4.78, 5) is 1.09. The van der Waals surface area contributed by atoms with Crippen molar-refractivity contribution in [3.63, 3.8) is 0 Å². The van der Waals surface area contributed by atoms with Crippen LogP contribution in [0.15, 0.2) is 41.3 Å². The van der Waals surface area contributed by atoms with Gasteiger partial charge in [-0.2, -0.15) is 0 Å². The van der Waals surface area contributed by atoms with Crippen LogP contribution in [0, 0.1) is 12.7 Å². The molecule has 0 spiro atoms. The van der Waals surface area contributed by atoms with Gasteiger partial charge in [0.1, 0.15) is 5.82 Å². The predicted octanol–water partition coefficient (Wildman–Crippen LogP) is 5.79. The van der Waals surface area contributed by atoms with Gasteiger partial charge in [-0.1, -0.05) is 36.7 Å². The largest absolute Gasteiger partial charge is 0.317 e. The van der Waals surface area contributed by atoms with Crippen molar-refractivity contribution in [2.24, 2.45) is 0 Å². The summed E-state index contributed by atoms with van der Waals surface area (Å²) in [5.74, 6) is -0.197. The molecule has 1 atom stereocenters. The molecule has 0 radical (unpaired) electrons. The monoisotopic (exact) mass is 351 g/mol. The van der Waals surface area contributed by atoms with Crippen molar-refractivity contribution in [2.75, 3.05) is 13.1 Å². The third kappa shape index (κ3) is 4.97. The second-order valence-electron chi connectivity index (χ2n) is 5.58. The van der Waals surface area contributed by atoms with Gasteiger partial charge in [-0.05, 0) is 68.2 Å². The van der Waals surface area contributed by atoms with Gasteiger partial charge in [0.15, 0.2) is 0 Å². The Hall–Kier alpha value is -1.03. The molecule has 2 aromatic rings. The van der Waals surface area contributed by atoms with Gasteiger partial charge in [-0.3, -0.25) is 0 Å². The van der Waals surface area contributed by atoms with Crippen LogP contribution in [0.1, 0.15) is 35.8 Å². The molecule has 1 unspecified atom stereocenters. The van der Waals surface area contributed by atoms with E-state index in [0.29, 0.717) is 0 Å². The Morgan fingerprint density at radius 1 is 1.26 bits per heavy atom. The smallest absolute Gasteiger partial charge is 0.123 e. The topological polar surface area (TPSA) is 12.0 Å². The van der Waals surface area contributed by atoms with Crippen molar-refractivity contribution in [1.29, 1.82) is 0 Å². The number of thioether (sulfide) groups is 1. The van der Waals surface area contributed by atoms with Gasteiger partial charge in [0, 0.05) is 10.1 Å². The first-order valence-electron chi connectivity index (χ1n) is 7.93. The van der Waals surface area contributed by atoms with E-state index in [4.69, 9.17) is 11.6 Å². The fraction of sp³-hybridized carbons (Fsp3) is 0.368. The molecule has 0 aliphatic rings. The Balaban J connectivity index is 2.19. The van der Waals surface area contributed by atoms with E-state index in [-0.39, 0.29) is 11.1 Å². The zero-order valence-corrected chi connectivity index (χ0v) is 15.4. The molecule has 0 aliphatic carbocycles. The van der Waals surface area contributed by atoms with E-state index >= 15 is 0 Å². The lowest BCUT2D eigenvalue weighted by Crippen LogP contribution is -2.16. The minimum atomic E-state index is -0.197. The van der Waals surface area contributed by atoms with E-state index in [1.165, 1.54) is 17.2 Å². The minimum Gasteiger partial charge on any atom is -0.317 e. The van der Waals surface area contributed by atoms with Crippen LogP contribution in [0.2, 0.25) is 5.02 Å². The molecule has 124 valence electrons. The molecule has 1 nitrogen and oxygen atoms in total. The van der Waals surface area contributed by atoms with E-state index in [1.807, 2.05) is 12.1 Å². The Morgan fingerprint density at radius 2 is 2.04 bits per heavy atom. The second-order valence-corrected chi connectivity index (χ2v) is 7.34. The van der Waals surface area contributed by atoms with Gasteiger partial charge in [-0.25, -0.2) is 4.39 Å². The van der Waals surface area contributed by atoms with Crippen LogP contribution in [-0.2, 0) is 6.42 Å². The molecule has 2 aromatic carbocycles. The highest BCUT2D eigenvalue weighted by molar-refractivity contribution is 7.99. The van der Waals surface area contributed by atoms with Gasteiger partial charge in [-0.15, -0.1) is 11.8 Å². The van der Waals surface area contributed by atoms with E-state index < -0.39 is 0 Å². The van der Waals surface area contributed by atoms with Gasteiger partial charge in [0.2, 0.25) is 0 Å². The van der Waals surface area contributed by atoms with Crippen molar-refractivity contribution < 1.29 is 4.39 Å². The fourth-order valence-corrected chi connectivity index (χ4v) is 3.98. The van der Waals surface area contributed by atoms with Crippen LogP contribution < -0.4 is 5.32 Å². The summed E-state index contributed by atoms with van der Waals surface area (Å²) < 4.78 is 13.4. The van der Waals surface area contributed by atoms with Crippen molar-refractivity contribution >= 4 is 23.4 Å². The fourth-order valence-electron chi connectivity index (χ4n) is 2.52. The first-order chi connectivity index (χ1) is 11.0. The third-order valence-electron chi connectivity index (χ3n) is 3.90. The van der Waals surface area contributed by atoms with Gasteiger partial charge >= 0.3 is 0 Å². The number of hydrogen-bond donors (Lipinski definition) is 1. The van der Waals surface area contributed by atoms with Crippen LogP contribution in [0.3, 0.4) is 0 Å². The van der Waals surface area contributed by atoms with E-state index in [9.17, 15) is 4.39 Å². The highest BCUT2D eigenvalue weighted by Crippen LogP contribution is 2.41. The number of nitrogens with one attached hydrogen (secondary N) is 1. The Kier molecular flexibility index (Phi) is 6.94. The lowest BCUT2D eigenvalue weighted by atomic mass is 10.1. The Morgan fingerprint density at radius 3 is 2.74 bits per heavy atom. The predicted molar refractivity (Wildman–Crippen MR) is 99.1 cm³/mol. The zero-order valence-electron chi connectivity index (χ0n) is 13.8. The number of likely N-dealkylation sites (N-methyl/N-ethyl adjacent to an activating group) is 1. The molecule has 4 heteroatoms. The molecule has 0 bridgehead atoms. The van der Waals surface area contributed by atoms with Crippen LogP contribution in [-0.4, -0.2) is 13.1 Å². The lowest BCUT2D eigenvalue weighted by molar-refractivity contribution is 0.625. The molecule has 0 fully saturated rings. The molecule has 0 aromatic heterocycles. The standard InChI is InChI=1S/C19H23ClFNS/c1-4-22-11-10-15-8-9-18(20)19(13(15)2)23-14(3)16-6-5-7-17(21)12-16/h5-9,12,14,22H,4,10-11H2,1-3H3. The molecular formula is C19H23ClFNS. The summed E-state index contributed by atoms with van der Waals surface area (Å²) in [6.45, 7) is 8.25. The first-order valence-corrected chi connectivity index (χ1v) is 9.19. The van der Waals surface area contributed by atoms with E-state index in [1.54, 1.807) is 23.9 Å². The maximum Gasteiger partial charge on any atom is 0.123 e. The number of benzene rings is 2. The van der Waals surface area contributed by atoms with Crippen molar-refractivity contribution in [3.05, 3.63) is 63.9 Å². The normalized spacial score (nSPS) is 12.4. The molecule has 0 amide bonds. The minimum absolute atomic E-state index is 0.144. The quantitative estimate of drug-likeness (QED) is 0.500. The van der Waals surface area contributed by atoms with Crippen molar-refractivity contribution in [3.8, 4) is 0 Å². The summed E-state index contributed by atoms with van der Waals surface area (Å²) in [5, 5.41) is 4.26. The second kappa shape index (κ2) is 8.72. The van der Waals surface area contributed by atoms with Crippen LogP contribution in [0.5, 0.6) is 0 Å². The summed E-state index contributed by atoms with van der Waals surface area (Å²) in [7, 11) is 0. The average molecular weight is 352 g/mol. The zero-order chi connectivity index (χ0) is 16.8. The van der Waals surface area contributed by atoms with Crippen LogP contribution in [0.4, 0.5) is 4.39 Å². The van der Waals surface area contributed by atoms with E-state index in [0.717, 1.165) is 35.0 Å². The molecule has 0 saturated heterocycles. The maximum atomic E-state index is 13.4. The van der Waals surface area contributed by atoms with Crippen LogP contribution in [0.25, 0.3) is 0 Å². The Labute approximate surface area is 147 Å². The summed E-state index contributed by atoms with van der Waals surface area (Å²) in [6, 6.07) is 10.8. The molecule has 0 heterocycles.